The predicted octanol–water partition coefficient (Wildman–Crippen LogP) is 5.49. The van der Waals surface area contributed by atoms with Gasteiger partial charge in [-0.3, -0.25) is 4.90 Å². The fraction of sp³-hybridized carbons (Fsp3) is 1.00. The zero-order valence-corrected chi connectivity index (χ0v) is 15.9. The molecular weight excluding hydrogens is 278 g/mol. The van der Waals surface area contributed by atoms with Gasteiger partial charge in [-0.2, -0.15) is 0 Å². The summed E-state index contributed by atoms with van der Waals surface area (Å²) in [6, 6.07) is 0.933. The number of fused-ring (bicyclic) bond motifs is 2. The largest absolute Gasteiger partial charge is 0.293 e. The second kappa shape index (κ2) is 4.57. The van der Waals surface area contributed by atoms with Crippen LogP contribution in [0.15, 0.2) is 0 Å². The molecule has 2 saturated carbocycles. The first-order valence-electron chi connectivity index (χ1n) is 10.8. The number of rotatable bonds is 3. The third-order valence-electron chi connectivity index (χ3n) is 10.0. The highest BCUT2D eigenvalue weighted by molar-refractivity contribution is 5.30. The molecular formula is C22H37N. The van der Waals surface area contributed by atoms with Crippen molar-refractivity contribution in [2.45, 2.75) is 97.1 Å². The van der Waals surface area contributed by atoms with Crippen molar-refractivity contribution in [1.29, 1.82) is 0 Å². The average Bonchev–Trinajstić information content (AvgIpc) is 2.98. The molecule has 3 heterocycles. The lowest BCUT2D eigenvalue weighted by Crippen LogP contribution is -2.68. The Hall–Kier alpha value is -0.0400. The number of nitrogens with zero attached hydrogens (tertiary/aromatic N) is 1. The Morgan fingerprint density at radius 3 is 2.65 bits per heavy atom. The molecule has 1 heteroatoms. The Balaban J connectivity index is 1.75. The van der Waals surface area contributed by atoms with Gasteiger partial charge in [-0.15, -0.1) is 0 Å². The lowest BCUT2D eigenvalue weighted by atomic mass is 9.42. The van der Waals surface area contributed by atoms with Gasteiger partial charge < -0.3 is 0 Å². The Bertz CT molecular complexity index is 512. The molecule has 130 valence electrons. The van der Waals surface area contributed by atoms with Gasteiger partial charge in [0.25, 0.3) is 0 Å². The van der Waals surface area contributed by atoms with Crippen molar-refractivity contribution in [1.82, 2.24) is 4.90 Å². The van der Waals surface area contributed by atoms with Crippen LogP contribution in [0.2, 0.25) is 0 Å². The monoisotopic (exact) mass is 315 g/mol. The second-order valence-corrected chi connectivity index (χ2v) is 10.5. The van der Waals surface area contributed by atoms with E-state index >= 15 is 0 Å². The van der Waals surface area contributed by atoms with Crippen LogP contribution in [-0.4, -0.2) is 23.0 Å². The third-order valence-corrected chi connectivity index (χ3v) is 10.0. The standard InChI is InChI=1S/C22H37N/c1-5-10-22-18-7-6-11-21(18)13-8-16-14-23(21)19(22)17(15(2)3)9-12-20(16,22)4/h15-19H,5-14H2,1-4H3/t16-,17+,18+,19-,20?,21?,22?/m0/s1. The van der Waals surface area contributed by atoms with Crippen molar-refractivity contribution in [2.75, 3.05) is 6.54 Å². The van der Waals surface area contributed by atoms with E-state index in [1.807, 2.05) is 0 Å². The Morgan fingerprint density at radius 2 is 1.91 bits per heavy atom. The molecule has 3 aliphatic heterocycles. The van der Waals surface area contributed by atoms with Gasteiger partial charge in [0, 0.05) is 18.1 Å². The molecule has 8 atom stereocenters. The molecule has 5 fully saturated rings. The maximum absolute atomic E-state index is 3.18. The highest BCUT2D eigenvalue weighted by atomic mass is 15.3. The maximum atomic E-state index is 3.18. The number of hydrogen-bond acceptors (Lipinski definition) is 1. The predicted molar refractivity (Wildman–Crippen MR) is 96.3 cm³/mol. The average molecular weight is 316 g/mol. The van der Waals surface area contributed by atoms with Gasteiger partial charge in [-0.05, 0) is 79.4 Å². The summed E-state index contributed by atoms with van der Waals surface area (Å²) >= 11 is 0. The van der Waals surface area contributed by atoms with Crippen molar-refractivity contribution >= 4 is 0 Å². The van der Waals surface area contributed by atoms with Gasteiger partial charge in [-0.1, -0.05) is 40.5 Å². The number of piperidine rings is 2. The molecule has 2 aliphatic carbocycles. The molecule has 5 aliphatic rings. The van der Waals surface area contributed by atoms with Crippen molar-refractivity contribution in [3.8, 4) is 0 Å². The summed E-state index contributed by atoms with van der Waals surface area (Å²) in [5.41, 5.74) is 1.97. The van der Waals surface area contributed by atoms with E-state index in [2.05, 4.69) is 32.6 Å². The van der Waals surface area contributed by atoms with Crippen LogP contribution in [0.5, 0.6) is 0 Å². The van der Waals surface area contributed by atoms with E-state index in [-0.39, 0.29) is 0 Å². The van der Waals surface area contributed by atoms with Crippen LogP contribution in [0, 0.1) is 34.5 Å². The van der Waals surface area contributed by atoms with Crippen LogP contribution in [0.3, 0.4) is 0 Å². The first-order chi connectivity index (χ1) is 11.0. The summed E-state index contributed by atoms with van der Waals surface area (Å²) in [4.78, 5) is 3.18. The minimum atomic E-state index is 0.644. The Kier molecular flexibility index (Phi) is 3.02. The second-order valence-electron chi connectivity index (χ2n) is 10.5. The highest BCUT2D eigenvalue weighted by Crippen LogP contribution is 2.79. The van der Waals surface area contributed by atoms with Crippen molar-refractivity contribution in [3.63, 3.8) is 0 Å². The molecule has 0 N–H and O–H groups in total. The quantitative estimate of drug-likeness (QED) is 0.665. The maximum Gasteiger partial charge on any atom is 0.0247 e. The van der Waals surface area contributed by atoms with Gasteiger partial charge >= 0.3 is 0 Å². The molecule has 5 rings (SSSR count). The first-order valence-corrected chi connectivity index (χ1v) is 10.8. The van der Waals surface area contributed by atoms with Gasteiger partial charge in [0.15, 0.2) is 0 Å². The first kappa shape index (κ1) is 15.2. The van der Waals surface area contributed by atoms with Crippen LogP contribution in [-0.2, 0) is 0 Å². The van der Waals surface area contributed by atoms with Crippen LogP contribution in [0.4, 0.5) is 0 Å². The van der Waals surface area contributed by atoms with Crippen LogP contribution < -0.4 is 0 Å². The molecule has 0 aromatic heterocycles. The summed E-state index contributed by atoms with van der Waals surface area (Å²) in [5.74, 6) is 3.89. The van der Waals surface area contributed by atoms with E-state index in [4.69, 9.17) is 0 Å². The fourth-order valence-corrected chi connectivity index (χ4v) is 9.42. The highest BCUT2D eigenvalue weighted by Gasteiger charge is 2.79. The minimum absolute atomic E-state index is 0.644. The molecule has 23 heavy (non-hydrogen) atoms. The molecule has 0 amide bonds. The summed E-state index contributed by atoms with van der Waals surface area (Å²) < 4.78 is 0. The van der Waals surface area contributed by atoms with Gasteiger partial charge in [0.1, 0.15) is 0 Å². The zero-order chi connectivity index (χ0) is 16.0. The Labute approximate surface area is 143 Å². The van der Waals surface area contributed by atoms with Crippen molar-refractivity contribution < 1.29 is 0 Å². The molecule has 1 nitrogen and oxygen atoms in total. The lowest BCUT2D eigenvalue weighted by Gasteiger charge is -2.67. The van der Waals surface area contributed by atoms with Crippen molar-refractivity contribution in [3.05, 3.63) is 0 Å². The molecule has 5 bridgehead atoms. The molecule has 0 radical (unpaired) electrons. The lowest BCUT2D eigenvalue weighted by molar-refractivity contribution is -0.181. The molecule has 4 unspecified atom stereocenters. The summed E-state index contributed by atoms with van der Waals surface area (Å²) in [6.07, 6.45) is 13.7. The molecule has 1 spiro atoms. The van der Waals surface area contributed by atoms with Crippen LogP contribution in [0.25, 0.3) is 0 Å². The molecule has 3 saturated heterocycles. The van der Waals surface area contributed by atoms with E-state index in [1.165, 1.54) is 45.1 Å². The number of hydrogen-bond donors (Lipinski definition) is 0. The van der Waals surface area contributed by atoms with Crippen LogP contribution >= 0.6 is 0 Å². The Morgan fingerprint density at radius 1 is 1.09 bits per heavy atom. The van der Waals surface area contributed by atoms with E-state index in [1.54, 1.807) is 19.3 Å². The van der Waals surface area contributed by atoms with Gasteiger partial charge in [0.2, 0.25) is 0 Å². The fourth-order valence-electron chi connectivity index (χ4n) is 9.42. The smallest absolute Gasteiger partial charge is 0.0247 e. The van der Waals surface area contributed by atoms with E-state index < -0.39 is 0 Å². The summed E-state index contributed by atoms with van der Waals surface area (Å²) in [6.45, 7) is 11.8. The van der Waals surface area contributed by atoms with Crippen molar-refractivity contribution in [2.24, 2.45) is 34.5 Å². The summed E-state index contributed by atoms with van der Waals surface area (Å²) in [5, 5.41) is 0. The van der Waals surface area contributed by atoms with Gasteiger partial charge in [0.05, 0.1) is 0 Å². The SMILES string of the molecule is CCCC12[C@@H]3[C@@H](C(C)C)CCC1(C)[C@H]1CCC4(CCC[C@H]42)N3C1. The third kappa shape index (κ3) is 1.44. The van der Waals surface area contributed by atoms with Crippen LogP contribution in [0.1, 0.15) is 85.5 Å². The topological polar surface area (TPSA) is 3.24 Å². The van der Waals surface area contributed by atoms with E-state index in [9.17, 15) is 0 Å². The summed E-state index contributed by atoms with van der Waals surface area (Å²) in [7, 11) is 0. The van der Waals surface area contributed by atoms with E-state index in [0.717, 1.165) is 29.7 Å². The normalized spacial score (nSPS) is 59.6. The molecule has 0 aromatic rings. The zero-order valence-electron chi connectivity index (χ0n) is 15.9. The minimum Gasteiger partial charge on any atom is -0.293 e. The van der Waals surface area contributed by atoms with E-state index in [0.29, 0.717) is 16.4 Å². The van der Waals surface area contributed by atoms with Gasteiger partial charge in [-0.25, -0.2) is 0 Å². The molecule has 0 aromatic carbocycles.